The lowest BCUT2D eigenvalue weighted by Gasteiger charge is -2.11. The Hall–Kier alpha value is -2.50. The Morgan fingerprint density at radius 2 is 1.92 bits per heavy atom. The number of carbonyl (C=O) groups is 1. The first kappa shape index (κ1) is 17.8. The number of amides is 1. The summed E-state index contributed by atoms with van der Waals surface area (Å²) in [5.74, 6) is -0.764. The number of anilines is 1. The van der Waals surface area contributed by atoms with Crippen molar-refractivity contribution in [1.29, 1.82) is 0 Å². The van der Waals surface area contributed by atoms with Crippen LogP contribution in [-0.2, 0) is 6.42 Å². The Morgan fingerprint density at radius 3 is 2.54 bits per heavy atom. The van der Waals surface area contributed by atoms with E-state index in [-0.39, 0.29) is 17.3 Å². The molecule has 2 aromatic rings. The molecule has 0 aliphatic carbocycles. The van der Waals surface area contributed by atoms with Crippen LogP contribution in [-0.4, -0.2) is 12.3 Å². The van der Waals surface area contributed by atoms with Crippen LogP contribution in [0, 0.1) is 6.92 Å². The number of hydrogen-bond donors (Lipinski definition) is 1. The van der Waals surface area contributed by atoms with Crippen LogP contribution < -0.4 is 10.1 Å². The third-order valence-corrected chi connectivity index (χ3v) is 3.45. The van der Waals surface area contributed by atoms with Crippen LogP contribution in [0.3, 0.4) is 0 Å². The third-order valence-electron chi connectivity index (χ3n) is 3.45. The van der Waals surface area contributed by atoms with Gasteiger partial charge in [-0.05, 0) is 48.7 Å². The van der Waals surface area contributed by atoms with Crippen LogP contribution in [0.15, 0.2) is 42.5 Å². The first-order valence-electron chi connectivity index (χ1n) is 7.55. The molecule has 0 bridgehead atoms. The van der Waals surface area contributed by atoms with Crippen molar-refractivity contribution in [2.45, 2.75) is 33.1 Å². The molecule has 2 aromatic carbocycles. The number of aryl methyl sites for hydroxylation is 2. The molecule has 128 valence electrons. The van der Waals surface area contributed by atoms with Gasteiger partial charge in [0.2, 0.25) is 0 Å². The van der Waals surface area contributed by atoms with Gasteiger partial charge < -0.3 is 10.1 Å². The molecule has 0 aliphatic rings. The zero-order chi connectivity index (χ0) is 17.7. The molecular weight excluding hydrogens is 319 g/mol. The highest BCUT2D eigenvalue weighted by Crippen LogP contribution is 2.25. The molecule has 3 nitrogen and oxygen atoms in total. The number of benzene rings is 2. The minimum Gasteiger partial charge on any atom is -0.406 e. The van der Waals surface area contributed by atoms with Crippen molar-refractivity contribution in [1.82, 2.24) is 0 Å². The number of ether oxygens (including phenoxy) is 1. The highest BCUT2D eigenvalue weighted by molar-refractivity contribution is 6.04. The van der Waals surface area contributed by atoms with Crippen molar-refractivity contribution >= 4 is 11.6 Å². The summed E-state index contributed by atoms with van der Waals surface area (Å²) in [7, 11) is 0. The first-order chi connectivity index (χ1) is 11.3. The van der Waals surface area contributed by atoms with Gasteiger partial charge in [0.15, 0.2) is 0 Å². The number of carbonyl (C=O) groups excluding carboxylic acids is 1. The summed E-state index contributed by atoms with van der Waals surface area (Å²) in [6.07, 6.45) is -2.82. The SMILES string of the molecule is CCCc1ccc(C(=O)Nc2cccc(OC(F)(F)F)c2)cc1C. The van der Waals surface area contributed by atoms with E-state index in [0.717, 1.165) is 24.5 Å². The van der Waals surface area contributed by atoms with E-state index in [0.29, 0.717) is 5.56 Å². The average molecular weight is 337 g/mol. The van der Waals surface area contributed by atoms with Gasteiger partial charge >= 0.3 is 6.36 Å². The summed E-state index contributed by atoms with van der Waals surface area (Å²) in [6.45, 7) is 4.01. The van der Waals surface area contributed by atoms with Gasteiger partial charge in [0.1, 0.15) is 5.75 Å². The lowest BCUT2D eigenvalue weighted by atomic mass is 10.0. The highest BCUT2D eigenvalue weighted by atomic mass is 19.4. The molecule has 6 heteroatoms. The maximum atomic E-state index is 12.3. The summed E-state index contributed by atoms with van der Waals surface area (Å²) < 4.78 is 40.5. The summed E-state index contributed by atoms with van der Waals surface area (Å²) >= 11 is 0. The molecule has 1 N–H and O–H groups in total. The van der Waals surface area contributed by atoms with Gasteiger partial charge in [-0.25, -0.2) is 0 Å². The monoisotopic (exact) mass is 337 g/mol. The van der Waals surface area contributed by atoms with Gasteiger partial charge in [-0.1, -0.05) is 25.5 Å². The molecule has 0 radical (unpaired) electrons. The van der Waals surface area contributed by atoms with Crippen LogP contribution in [0.4, 0.5) is 18.9 Å². The third kappa shape index (κ3) is 5.01. The summed E-state index contributed by atoms with van der Waals surface area (Å²) in [4.78, 5) is 12.3. The van der Waals surface area contributed by atoms with Crippen LogP contribution in [0.2, 0.25) is 0 Å². The molecule has 2 rings (SSSR count). The molecule has 0 aromatic heterocycles. The van der Waals surface area contributed by atoms with Gasteiger partial charge in [-0.3, -0.25) is 4.79 Å². The minimum absolute atomic E-state index is 0.233. The molecule has 0 unspecified atom stereocenters. The van der Waals surface area contributed by atoms with E-state index in [9.17, 15) is 18.0 Å². The second-order valence-electron chi connectivity index (χ2n) is 5.42. The fourth-order valence-electron chi connectivity index (χ4n) is 2.36. The van der Waals surface area contributed by atoms with Crippen molar-refractivity contribution in [2.75, 3.05) is 5.32 Å². The molecule has 24 heavy (non-hydrogen) atoms. The predicted octanol–water partition coefficient (Wildman–Crippen LogP) is 5.10. The number of hydrogen-bond acceptors (Lipinski definition) is 2. The summed E-state index contributed by atoms with van der Waals surface area (Å²) in [6, 6.07) is 10.6. The fourth-order valence-corrected chi connectivity index (χ4v) is 2.36. The summed E-state index contributed by atoms with van der Waals surface area (Å²) in [5, 5.41) is 2.58. The normalized spacial score (nSPS) is 11.2. The Morgan fingerprint density at radius 1 is 1.17 bits per heavy atom. The van der Waals surface area contributed by atoms with Crippen molar-refractivity contribution in [2.24, 2.45) is 0 Å². The van der Waals surface area contributed by atoms with Crippen molar-refractivity contribution < 1.29 is 22.7 Å². The molecular formula is C18H18F3NO2. The smallest absolute Gasteiger partial charge is 0.406 e. The Kier molecular flexibility index (Phi) is 5.49. The fraction of sp³-hybridized carbons (Fsp3) is 0.278. The quantitative estimate of drug-likeness (QED) is 0.824. The molecule has 0 fully saturated rings. The Bertz CT molecular complexity index is 726. The standard InChI is InChI=1S/C18H18F3NO2/c1-3-5-13-8-9-14(10-12(13)2)17(23)22-15-6-4-7-16(11-15)24-18(19,20)21/h4,6-11H,3,5H2,1-2H3,(H,22,23). The van der Waals surface area contributed by atoms with Gasteiger partial charge in [0, 0.05) is 17.3 Å². The number of alkyl halides is 3. The predicted molar refractivity (Wildman–Crippen MR) is 86.3 cm³/mol. The maximum absolute atomic E-state index is 12.3. The number of rotatable bonds is 5. The van der Waals surface area contributed by atoms with Crippen molar-refractivity contribution in [3.8, 4) is 5.75 Å². The Labute approximate surface area is 138 Å². The van der Waals surface area contributed by atoms with Crippen molar-refractivity contribution in [3.63, 3.8) is 0 Å². The largest absolute Gasteiger partial charge is 0.573 e. The van der Waals surface area contributed by atoms with E-state index in [1.165, 1.54) is 23.8 Å². The van der Waals surface area contributed by atoms with E-state index in [1.54, 1.807) is 12.1 Å². The van der Waals surface area contributed by atoms with Gasteiger partial charge in [-0.15, -0.1) is 13.2 Å². The molecule has 0 atom stereocenters. The van der Waals surface area contributed by atoms with Crippen LogP contribution in [0.1, 0.15) is 34.8 Å². The first-order valence-corrected chi connectivity index (χ1v) is 7.55. The van der Waals surface area contributed by atoms with Gasteiger partial charge in [0.25, 0.3) is 5.91 Å². The second kappa shape index (κ2) is 7.38. The Balaban J connectivity index is 2.12. The van der Waals surface area contributed by atoms with E-state index in [1.807, 2.05) is 13.0 Å². The molecule has 1 amide bonds. The van der Waals surface area contributed by atoms with Crippen LogP contribution in [0.25, 0.3) is 0 Å². The molecule has 0 saturated carbocycles. The van der Waals surface area contributed by atoms with Crippen LogP contribution in [0.5, 0.6) is 5.75 Å². The zero-order valence-electron chi connectivity index (χ0n) is 13.4. The van der Waals surface area contributed by atoms with E-state index in [4.69, 9.17) is 0 Å². The van der Waals surface area contributed by atoms with E-state index in [2.05, 4.69) is 17.0 Å². The summed E-state index contributed by atoms with van der Waals surface area (Å²) in [5.41, 5.74) is 2.87. The number of halogens is 3. The zero-order valence-corrected chi connectivity index (χ0v) is 13.4. The maximum Gasteiger partial charge on any atom is 0.573 e. The van der Waals surface area contributed by atoms with Crippen molar-refractivity contribution in [3.05, 3.63) is 59.2 Å². The average Bonchev–Trinajstić information content (AvgIpc) is 2.48. The number of nitrogens with one attached hydrogen (secondary N) is 1. The minimum atomic E-state index is -4.77. The van der Waals surface area contributed by atoms with E-state index < -0.39 is 6.36 Å². The molecule has 0 spiro atoms. The lowest BCUT2D eigenvalue weighted by molar-refractivity contribution is -0.274. The molecule has 0 heterocycles. The molecule has 0 aliphatic heterocycles. The van der Waals surface area contributed by atoms with Gasteiger partial charge in [0.05, 0.1) is 0 Å². The van der Waals surface area contributed by atoms with Gasteiger partial charge in [-0.2, -0.15) is 0 Å². The topological polar surface area (TPSA) is 38.3 Å². The molecule has 0 saturated heterocycles. The van der Waals surface area contributed by atoms with Crippen LogP contribution >= 0.6 is 0 Å². The second-order valence-corrected chi connectivity index (χ2v) is 5.42. The lowest BCUT2D eigenvalue weighted by Crippen LogP contribution is -2.17. The van der Waals surface area contributed by atoms with E-state index >= 15 is 0 Å². The highest BCUT2D eigenvalue weighted by Gasteiger charge is 2.31.